The van der Waals surface area contributed by atoms with E-state index in [0.29, 0.717) is 6.42 Å². The lowest BCUT2D eigenvalue weighted by Gasteiger charge is -2.21. The molecule has 1 amide bonds. The molecule has 3 aromatic rings. The van der Waals surface area contributed by atoms with E-state index < -0.39 is 24.5 Å². The standard InChI is InChI=1S/C25H30F3N5O/c1-16(2)20(24(34)32-15-25(26,27)28)8-17-7-19(12-29-10-17)22-13-31-23-21(22)9-18(11-30-23)14-33-5-3-4-6-33/h7,9-13,16,20H,3-6,8,14-15H2,1-2H3,(H,30,31)(H,32,34)/t20-/m1/s1. The van der Waals surface area contributed by atoms with Gasteiger partial charge in [-0.25, -0.2) is 4.98 Å². The number of aromatic amines is 1. The quantitative estimate of drug-likeness (QED) is 0.497. The van der Waals surface area contributed by atoms with Gasteiger partial charge in [0.15, 0.2) is 0 Å². The molecule has 1 saturated heterocycles. The second-order valence-electron chi connectivity index (χ2n) is 9.39. The van der Waals surface area contributed by atoms with Crippen molar-refractivity contribution < 1.29 is 18.0 Å². The van der Waals surface area contributed by atoms with E-state index in [1.807, 2.05) is 37.6 Å². The van der Waals surface area contributed by atoms with Gasteiger partial charge in [-0.2, -0.15) is 13.2 Å². The predicted octanol–water partition coefficient (Wildman–Crippen LogP) is 4.71. The van der Waals surface area contributed by atoms with Crippen molar-refractivity contribution in [2.24, 2.45) is 11.8 Å². The van der Waals surface area contributed by atoms with Crippen LogP contribution in [0.1, 0.15) is 37.8 Å². The average molecular weight is 474 g/mol. The third-order valence-electron chi connectivity index (χ3n) is 6.36. The van der Waals surface area contributed by atoms with Gasteiger partial charge in [-0.15, -0.1) is 0 Å². The van der Waals surface area contributed by atoms with Crippen LogP contribution in [-0.4, -0.2) is 51.6 Å². The molecule has 0 unspecified atom stereocenters. The van der Waals surface area contributed by atoms with Crippen LogP contribution in [0.4, 0.5) is 13.2 Å². The SMILES string of the molecule is CC(C)[C@@H](Cc1cncc(-c2c[nH]c3ncc(CN4CCCC4)cc23)c1)C(=O)NCC(F)(F)F. The van der Waals surface area contributed by atoms with E-state index >= 15 is 0 Å². The van der Waals surface area contributed by atoms with Gasteiger partial charge in [0.2, 0.25) is 5.91 Å². The minimum absolute atomic E-state index is 0.123. The number of H-pyrrole nitrogens is 1. The van der Waals surface area contributed by atoms with Crippen molar-refractivity contribution in [3.05, 3.63) is 48.0 Å². The van der Waals surface area contributed by atoms with E-state index in [4.69, 9.17) is 0 Å². The molecule has 2 N–H and O–H groups in total. The molecule has 0 spiro atoms. The molecule has 1 aliphatic rings. The summed E-state index contributed by atoms with van der Waals surface area (Å²) in [5, 5.41) is 3.02. The first-order valence-electron chi connectivity index (χ1n) is 11.7. The molecule has 3 aromatic heterocycles. The molecule has 1 atom stereocenters. The molecule has 182 valence electrons. The van der Waals surface area contributed by atoms with Crippen molar-refractivity contribution >= 4 is 16.9 Å². The van der Waals surface area contributed by atoms with Crippen molar-refractivity contribution in [3.63, 3.8) is 0 Å². The maximum absolute atomic E-state index is 12.6. The lowest BCUT2D eigenvalue weighted by Crippen LogP contribution is -2.40. The molecule has 0 aliphatic carbocycles. The van der Waals surface area contributed by atoms with Crippen LogP contribution in [0.25, 0.3) is 22.2 Å². The molecule has 0 aromatic carbocycles. The largest absolute Gasteiger partial charge is 0.405 e. The van der Waals surface area contributed by atoms with Gasteiger partial charge in [0, 0.05) is 53.8 Å². The van der Waals surface area contributed by atoms with Crippen molar-refractivity contribution in [1.29, 1.82) is 0 Å². The van der Waals surface area contributed by atoms with Crippen LogP contribution < -0.4 is 5.32 Å². The third kappa shape index (κ3) is 5.94. The minimum atomic E-state index is -4.43. The Labute approximate surface area is 197 Å². The summed E-state index contributed by atoms with van der Waals surface area (Å²) in [7, 11) is 0. The number of carbonyl (C=O) groups excluding carboxylic acids is 1. The van der Waals surface area contributed by atoms with E-state index in [-0.39, 0.29) is 5.92 Å². The average Bonchev–Trinajstić information content (AvgIpc) is 3.45. The molecule has 6 nitrogen and oxygen atoms in total. The zero-order valence-electron chi connectivity index (χ0n) is 19.5. The number of hydrogen-bond donors (Lipinski definition) is 2. The number of hydrogen-bond acceptors (Lipinski definition) is 4. The summed E-state index contributed by atoms with van der Waals surface area (Å²) >= 11 is 0. The Morgan fingerprint density at radius 3 is 2.62 bits per heavy atom. The third-order valence-corrected chi connectivity index (χ3v) is 6.36. The number of amides is 1. The molecule has 9 heteroatoms. The summed E-state index contributed by atoms with van der Waals surface area (Å²) < 4.78 is 37.7. The lowest BCUT2D eigenvalue weighted by molar-refractivity contribution is -0.141. The zero-order valence-corrected chi connectivity index (χ0v) is 19.5. The Bertz CT molecular complexity index is 1140. The number of halogens is 3. The first-order chi connectivity index (χ1) is 16.2. The zero-order chi connectivity index (χ0) is 24.3. The highest BCUT2D eigenvalue weighted by atomic mass is 19.4. The smallest absolute Gasteiger partial charge is 0.347 e. The second kappa shape index (κ2) is 10.1. The fourth-order valence-electron chi connectivity index (χ4n) is 4.52. The molecular weight excluding hydrogens is 443 g/mol. The molecule has 4 heterocycles. The van der Waals surface area contributed by atoms with E-state index in [1.165, 1.54) is 12.8 Å². The Morgan fingerprint density at radius 1 is 1.15 bits per heavy atom. The normalized spacial score (nSPS) is 15.8. The van der Waals surface area contributed by atoms with Crippen LogP contribution in [0.2, 0.25) is 0 Å². The summed E-state index contributed by atoms with van der Waals surface area (Å²) in [5.74, 6) is -1.31. The monoisotopic (exact) mass is 473 g/mol. The number of fused-ring (bicyclic) bond motifs is 1. The number of nitrogens with zero attached hydrogens (tertiary/aromatic N) is 3. The number of carbonyl (C=O) groups is 1. The van der Waals surface area contributed by atoms with Crippen LogP contribution >= 0.6 is 0 Å². The number of nitrogens with one attached hydrogen (secondary N) is 2. The number of rotatable bonds is 8. The predicted molar refractivity (Wildman–Crippen MR) is 125 cm³/mol. The molecule has 0 bridgehead atoms. The van der Waals surface area contributed by atoms with Gasteiger partial charge < -0.3 is 10.3 Å². The highest BCUT2D eigenvalue weighted by Gasteiger charge is 2.30. The number of aromatic nitrogens is 3. The van der Waals surface area contributed by atoms with Crippen LogP contribution in [0, 0.1) is 11.8 Å². The van der Waals surface area contributed by atoms with Gasteiger partial charge in [-0.3, -0.25) is 14.7 Å². The molecular formula is C25H30F3N5O. The van der Waals surface area contributed by atoms with E-state index in [1.54, 1.807) is 12.4 Å². The van der Waals surface area contributed by atoms with Crippen molar-refractivity contribution in [1.82, 2.24) is 25.2 Å². The van der Waals surface area contributed by atoms with E-state index in [2.05, 4.69) is 25.9 Å². The molecule has 1 fully saturated rings. The summed E-state index contributed by atoms with van der Waals surface area (Å²) in [6.07, 6.45) is 5.56. The van der Waals surface area contributed by atoms with Gasteiger partial charge in [0.05, 0.1) is 0 Å². The first kappa shape index (κ1) is 24.2. The van der Waals surface area contributed by atoms with Gasteiger partial charge in [0.1, 0.15) is 12.2 Å². The first-order valence-corrected chi connectivity index (χ1v) is 11.7. The Balaban J connectivity index is 1.54. The summed E-state index contributed by atoms with van der Waals surface area (Å²) in [4.78, 5) is 27.0. The minimum Gasteiger partial charge on any atom is -0.347 e. The van der Waals surface area contributed by atoms with E-state index in [9.17, 15) is 18.0 Å². The summed E-state index contributed by atoms with van der Waals surface area (Å²) in [5.41, 5.74) is 4.58. The Kier molecular flexibility index (Phi) is 7.21. The number of pyridine rings is 2. The number of alkyl halides is 3. The fraction of sp³-hybridized carbons (Fsp3) is 0.480. The molecule has 4 rings (SSSR count). The molecule has 1 aliphatic heterocycles. The van der Waals surface area contributed by atoms with Crippen LogP contribution in [-0.2, 0) is 17.8 Å². The Hall–Kier alpha value is -2.94. The van der Waals surface area contributed by atoms with Crippen molar-refractivity contribution in [3.8, 4) is 11.1 Å². The molecule has 34 heavy (non-hydrogen) atoms. The van der Waals surface area contributed by atoms with E-state index in [0.717, 1.165) is 52.9 Å². The van der Waals surface area contributed by atoms with Crippen molar-refractivity contribution in [2.75, 3.05) is 19.6 Å². The van der Waals surface area contributed by atoms with Gasteiger partial charge in [-0.1, -0.05) is 13.8 Å². The van der Waals surface area contributed by atoms with Crippen molar-refractivity contribution in [2.45, 2.75) is 45.8 Å². The number of likely N-dealkylation sites (tertiary alicyclic amines) is 1. The molecule has 0 saturated carbocycles. The van der Waals surface area contributed by atoms with Gasteiger partial charge in [0.25, 0.3) is 0 Å². The highest BCUT2D eigenvalue weighted by molar-refractivity contribution is 5.93. The molecule has 0 radical (unpaired) electrons. The summed E-state index contributed by atoms with van der Waals surface area (Å²) in [6.45, 7) is 5.43. The van der Waals surface area contributed by atoms with Gasteiger partial charge >= 0.3 is 6.18 Å². The maximum Gasteiger partial charge on any atom is 0.405 e. The maximum atomic E-state index is 12.6. The fourth-order valence-corrected chi connectivity index (χ4v) is 4.52. The highest BCUT2D eigenvalue weighted by Crippen LogP contribution is 2.30. The van der Waals surface area contributed by atoms with Crippen LogP contribution in [0.3, 0.4) is 0 Å². The summed E-state index contributed by atoms with van der Waals surface area (Å²) in [6, 6.07) is 4.11. The second-order valence-corrected chi connectivity index (χ2v) is 9.39. The van der Waals surface area contributed by atoms with Crippen LogP contribution in [0.5, 0.6) is 0 Å². The van der Waals surface area contributed by atoms with Crippen LogP contribution in [0.15, 0.2) is 36.9 Å². The topological polar surface area (TPSA) is 73.9 Å². The lowest BCUT2D eigenvalue weighted by atomic mass is 9.88. The Morgan fingerprint density at radius 2 is 1.91 bits per heavy atom. The van der Waals surface area contributed by atoms with Gasteiger partial charge in [-0.05, 0) is 61.5 Å².